The van der Waals surface area contributed by atoms with Gasteiger partial charge in [0, 0.05) is 47.6 Å². The third kappa shape index (κ3) is 5.23. The minimum absolute atomic E-state index is 0.147. The minimum Gasteiger partial charge on any atom is -0.490 e. The highest BCUT2D eigenvalue weighted by atomic mass is 16.5. The number of benzene rings is 3. The van der Waals surface area contributed by atoms with E-state index in [0.717, 1.165) is 85.6 Å². The zero-order chi connectivity index (χ0) is 28.5. The average molecular weight is 561 g/mol. The van der Waals surface area contributed by atoms with Crippen LogP contribution >= 0.6 is 0 Å². The summed E-state index contributed by atoms with van der Waals surface area (Å²) in [7, 11) is 0. The van der Waals surface area contributed by atoms with Gasteiger partial charge in [-0.05, 0) is 86.1 Å². The Morgan fingerprint density at radius 1 is 0.881 bits per heavy atom. The van der Waals surface area contributed by atoms with Gasteiger partial charge in [-0.2, -0.15) is 5.26 Å². The number of fused-ring (bicyclic) bond motifs is 1. The van der Waals surface area contributed by atoms with Crippen LogP contribution in [0.5, 0.6) is 5.75 Å². The number of urea groups is 1. The van der Waals surface area contributed by atoms with Gasteiger partial charge in [-0.3, -0.25) is 0 Å². The summed E-state index contributed by atoms with van der Waals surface area (Å²) in [5, 5.41) is 16.6. The van der Waals surface area contributed by atoms with Gasteiger partial charge in [-0.1, -0.05) is 24.3 Å². The summed E-state index contributed by atoms with van der Waals surface area (Å²) in [5.74, 6) is 0.891. The fourth-order valence-corrected chi connectivity index (χ4v) is 6.28. The van der Waals surface area contributed by atoms with E-state index in [1.165, 1.54) is 23.7 Å². The van der Waals surface area contributed by atoms with Crippen molar-refractivity contribution < 1.29 is 14.3 Å². The molecule has 2 heterocycles. The van der Waals surface area contributed by atoms with Gasteiger partial charge in [0.1, 0.15) is 11.9 Å². The van der Waals surface area contributed by atoms with Crippen LogP contribution in [-0.4, -0.2) is 36.0 Å². The molecule has 7 nitrogen and oxygen atoms in total. The van der Waals surface area contributed by atoms with Crippen molar-refractivity contribution in [2.45, 2.75) is 69.6 Å². The van der Waals surface area contributed by atoms with Crippen LogP contribution in [0.1, 0.15) is 63.0 Å². The number of carbonyl (C=O) groups excluding carboxylic acids is 1. The molecule has 42 heavy (non-hydrogen) atoms. The zero-order valence-electron chi connectivity index (χ0n) is 23.8. The fourth-order valence-electron chi connectivity index (χ4n) is 6.28. The van der Waals surface area contributed by atoms with Gasteiger partial charge in [0.05, 0.1) is 36.1 Å². The van der Waals surface area contributed by atoms with E-state index in [1.807, 2.05) is 24.3 Å². The van der Waals surface area contributed by atoms with E-state index < -0.39 is 0 Å². The van der Waals surface area contributed by atoms with Crippen molar-refractivity contribution in [3.8, 4) is 34.2 Å². The summed E-state index contributed by atoms with van der Waals surface area (Å²) >= 11 is 0. The highest BCUT2D eigenvalue weighted by Gasteiger charge is 2.29. The molecule has 0 radical (unpaired) electrons. The Hall–Kier alpha value is -4.28. The van der Waals surface area contributed by atoms with E-state index in [1.54, 1.807) is 0 Å². The van der Waals surface area contributed by atoms with E-state index in [4.69, 9.17) is 9.47 Å². The first-order valence-corrected chi connectivity index (χ1v) is 15.3. The molecule has 2 aliphatic carbocycles. The molecule has 2 amide bonds. The number of amides is 2. The minimum atomic E-state index is -0.147. The van der Waals surface area contributed by atoms with Crippen molar-refractivity contribution in [3.05, 3.63) is 72.3 Å². The maximum atomic E-state index is 12.5. The molecule has 0 spiro atoms. The van der Waals surface area contributed by atoms with Gasteiger partial charge in [-0.25, -0.2) is 4.79 Å². The number of hydrogen-bond acceptors (Lipinski definition) is 4. The Morgan fingerprint density at radius 2 is 1.60 bits per heavy atom. The van der Waals surface area contributed by atoms with Crippen LogP contribution < -0.4 is 15.4 Å². The lowest BCUT2D eigenvalue weighted by molar-refractivity contribution is 0.0256. The van der Waals surface area contributed by atoms with Crippen molar-refractivity contribution in [3.63, 3.8) is 0 Å². The summed E-state index contributed by atoms with van der Waals surface area (Å²) in [6, 6.07) is 25.4. The second-order valence-electron chi connectivity index (χ2n) is 11.8. The van der Waals surface area contributed by atoms with E-state index in [9.17, 15) is 10.1 Å². The molecule has 1 saturated heterocycles. The van der Waals surface area contributed by atoms with Crippen molar-refractivity contribution in [1.29, 1.82) is 5.26 Å². The number of rotatable bonds is 7. The quantitative estimate of drug-likeness (QED) is 0.241. The van der Waals surface area contributed by atoms with Crippen LogP contribution in [-0.2, 0) is 4.74 Å². The normalized spacial score (nSPS) is 17.7. The Morgan fingerprint density at radius 3 is 2.24 bits per heavy atom. The van der Waals surface area contributed by atoms with E-state index >= 15 is 0 Å². The van der Waals surface area contributed by atoms with Gasteiger partial charge in [0.2, 0.25) is 0 Å². The van der Waals surface area contributed by atoms with Crippen LogP contribution in [0, 0.1) is 11.3 Å². The smallest absolute Gasteiger partial charge is 0.319 e. The number of anilines is 1. The summed E-state index contributed by atoms with van der Waals surface area (Å²) in [6.07, 6.45) is 8.75. The Kier molecular flexibility index (Phi) is 7.31. The molecule has 0 atom stereocenters. The molecule has 2 N–H and O–H groups in total. The zero-order valence-corrected chi connectivity index (χ0v) is 23.8. The molecule has 7 rings (SSSR count). The van der Waals surface area contributed by atoms with Gasteiger partial charge in [-0.15, -0.1) is 0 Å². The monoisotopic (exact) mass is 560 g/mol. The molecule has 1 aromatic heterocycles. The van der Waals surface area contributed by atoms with Crippen molar-refractivity contribution in [2.24, 2.45) is 0 Å². The number of nitriles is 1. The molecule has 214 valence electrons. The Bertz CT molecular complexity index is 1620. The van der Waals surface area contributed by atoms with E-state index in [-0.39, 0.29) is 18.2 Å². The molecule has 3 aromatic carbocycles. The number of carbonyl (C=O) groups is 1. The second kappa shape index (κ2) is 11.5. The molecule has 3 fully saturated rings. The number of nitrogens with one attached hydrogen (secondary N) is 2. The van der Waals surface area contributed by atoms with Crippen LogP contribution in [0.3, 0.4) is 0 Å². The molecule has 3 aliphatic rings. The highest BCUT2D eigenvalue weighted by Crippen LogP contribution is 2.47. The summed E-state index contributed by atoms with van der Waals surface area (Å²) in [4.78, 5) is 12.5. The standard InChI is InChI=1S/C35H36N4O3/c36-22-23-7-9-24(10-8-23)33-31-16-15-30(42-29-17-19-41-20-18-29)21-32(31)39(28-5-2-6-28)34(33)25-11-13-27(14-12-25)38-35(40)37-26-3-1-4-26/h7-16,21,26,28-29H,1-6,17-20H2,(H2,37,38,40). The van der Waals surface area contributed by atoms with E-state index in [2.05, 4.69) is 63.7 Å². The number of ether oxygens (including phenoxy) is 2. The van der Waals surface area contributed by atoms with Gasteiger partial charge in [0.25, 0.3) is 0 Å². The molecule has 4 aromatic rings. The maximum Gasteiger partial charge on any atom is 0.319 e. The predicted molar refractivity (Wildman–Crippen MR) is 165 cm³/mol. The molecular weight excluding hydrogens is 524 g/mol. The summed E-state index contributed by atoms with van der Waals surface area (Å²) in [6.45, 7) is 1.48. The Labute approximate surface area is 246 Å². The molecule has 2 saturated carbocycles. The molecule has 7 heteroatoms. The van der Waals surface area contributed by atoms with Gasteiger partial charge >= 0.3 is 6.03 Å². The highest BCUT2D eigenvalue weighted by molar-refractivity contribution is 6.05. The lowest BCUT2D eigenvalue weighted by atomic mass is 9.91. The van der Waals surface area contributed by atoms with Gasteiger partial charge < -0.3 is 24.7 Å². The number of nitrogens with zero attached hydrogens (tertiary/aromatic N) is 2. The third-order valence-electron chi connectivity index (χ3n) is 9.05. The topological polar surface area (TPSA) is 88.3 Å². The SMILES string of the molecule is N#Cc1ccc(-c2c(-c3ccc(NC(=O)NC4CCC4)cc3)n(C3CCC3)c3cc(OC4CCOCC4)ccc23)cc1. The van der Waals surface area contributed by atoms with Crippen LogP contribution in [0.2, 0.25) is 0 Å². The molecule has 1 aliphatic heterocycles. The van der Waals surface area contributed by atoms with Crippen LogP contribution in [0.25, 0.3) is 33.3 Å². The Balaban J connectivity index is 1.31. The lowest BCUT2D eigenvalue weighted by Gasteiger charge is -2.30. The van der Waals surface area contributed by atoms with Crippen molar-refractivity contribution in [1.82, 2.24) is 9.88 Å². The molecular formula is C35H36N4O3. The lowest BCUT2D eigenvalue weighted by Crippen LogP contribution is -2.41. The first kappa shape index (κ1) is 26.6. The molecule has 0 bridgehead atoms. The summed E-state index contributed by atoms with van der Waals surface area (Å²) < 4.78 is 14.5. The number of hydrogen-bond donors (Lipinski definition) is 2. The third-order valence-corrected chi connectivity index (χ3v) is 9.05. The van der Waals surface area contributed by atoms with E-state index in [0.29, 0.717) is 11.6 Å². The fraction of sp³-hybridized carbons (Fsp3) is 0.371. The first-order valence-electron chi connectivity index (χ1n) is 15.3. The van der Waals surface area contributed by atoms with Crippen molar-refractivity contribution >= 4 is 22.6 Å². The second-order valence-corrected chi connectivity index (χ2v) is 11.8. The average Bonchev–Trinajstić information content (AvgIpc) is 3.29. The maximum absolute atomic E-state index is 12.5. The van der Waals surface area contributed by atoms with Crippen molar-refractivity contribution in [2.75, 3.05) is 18.5 Å². The van der Waals surface area contributed by atoms with Crippen LogP contribution in [0.4, 0.5) is 10.5 Å². The van der Waals surface area contributed by atoms with Gasteiger partial charge in [0.15, 0.2) is 0 Å². The summed E-state index contributed by atoms with van der Waals surface area (Å²) in [5.41, 5.74) is 7.07. The predicted octanol–water partition coefficient (Wildman–Crippen LogP) is 7.80. The number of aromatic nitrogens is 1. The van der Waals surface area contributed by atoms with Crippen LogP contribution in [0.15, 0.2) is 66.7 Å². The first-order chi connectivity index (χ1) is 20.7. The largest absolute Gasteiger partial charge is 0.490 e. The molecule has 0 unspecified atom stereocenters.